The minimum Gasteiger partial charge on any atom is -0.480 e. The monoisotopic (exact) mass is 1410 g/mol. The predicted octanol–water partition coefficient (Wildman–Crippen LogP) is -1.93. The van der Waals surface area contributed by atoms with E-state index < -0.39 is 285 Å². The molecule has 0 aromatic carbocycles. The predicted molar refractivity (Wildman–Crippen MR) is 340 cm³/mol. The van der Waals surface area contributed by atoms with E-state index in [1.54, 1.807) is 0 Å². The van der Waals surface area contributed by atoms with Gasteiger partial charge >= 0.3 is 59.7 Å². The summed E-state index contributed by atoms with van der Waals surface area (Å²) < 4.78 is 256. The standard InChI is InChI=1S/C6H14N4O2.C6H14N2O2.2C6H13NO2.C5H11NO2S.C5H9NO2.3C5H11NO2.C4H9NO3/c7-4(5(11)12)2-1-3-10-6(8)9;7-4-2-1-3-5(8)6(9)10;1-4(2)3-5(7)6(8)9;1-3-4(2)5(7)6(8)9;1-9-3-2-4(6)5(7)8;7-5(8)4-2-1-3-6-4;1-3(2)4(6)5(7)8;2*1-2-3-4(6)5(7)8;1-2(6)3(5)4(7)8/h4H,1-3,7H2,(H,11,12)(H4,8,9,10);5H,1-4,7-8H2,(H,9,10);2*4-5H,3,7H2,1-2H3,(H,8,9);4H,2-3,6H2,1H3,(H,7,8);4,6H,1-3H2,(H,7,8);3-4H,6H2,1-2H3,(H,7,8);2*4H,2-3,6H2,1H3,(H,7,8);2-3,6H,5H2,1H3,(H,7,8)/t4-;2*5-;4-,5-;5*4-;2-,3+/m0000000001/s1/i1+1D,2+1D2,3+1D,4+1,5+1,7+1,10+1;1+1D2,2+1D,3+1D2,4+1D,5+1,6+1,7+1,8+1;3+0D,4+1D,5+1,6+1,7+1;2+1D2,3+1D,4+1D,5+1,6+1,7+1;2+1D,3+1D2,4+1,5+1,6+1;1+1D,2+1D,3+1D2,4+1,5+1,6+1;1+0D3,3+1D,4+1,5+1,6+1;2*2+1D2,3+1D,4+1,5+1,6+1;1+1D2,2+1D,3+1,4+1,5+1/t1-,3+,4+;2-,4+,5+;3-,5-;3-,4-,5-;2-,4+;1-,2+,4-;3-,4-;2*3-,4+;m/m1100100111. The average molecular weight is 1410 g/mol. The number of aliphatic hydroxyl groups is 1. The zero-order valence-electron chi connectivity index (χ0n) is 85.1. The maximum Gasteiger partial charge on any atom is 0.323 e. The van der Waals surface area contributed by atoms with Gasteiger partial charge in [-0.25, -0.2) is 0 Å². The van der Waals surface area contributed by atoms with Crippen LogP contribution in [0.1, 0.15) is 201 Å². The van der Waals surface area contributed by atoms with Crippen LogP contribution in [-0.2, 0) is 47.9 Å². The zero-order chi connectivity index (χ0) is 104. The molecular weight excluding hydrogens is 1260 g/mol. The van der Waals surface area contributed by atoms with Crippen molar-refractivity contribution >= 4 is 77.4 Å². The number of rotatable bonds is 31. The van der Waals surface area contributed by atoms with Crippen LogP contribution in [0.2, 0.25) is 0 Å². The lowest BCUT2D eigenvalue weighted by Gasteiger charge is -2.11. The van der Waals surface area contributed by atoms with Crippen molar-refractivity contribution in [3.05, 3.63) is 0 Å². The molecule has 0 aromatic heterocycles. The molecule has 35 nitrogen and oxygen atoms in total. The first-order chi connectivity index (χ1) is 54.7. The van der Waals surface area contributed by atoms with E-state index in [-0.39, 0.29) is 0 Å². The van der Waals surface area contributed by atoms with Gasteiger partial charge in [-0.3, -0.25) is 52.9 Å². The SMILES string of the molecule is [2H][12C@H]([13C@H]([15NH2])[13C](=O)O)[13C]([2H])(C)C.[2H][12C]([2H])([2H])[13C@@]([2H])(C)[13C@H]([15NH2])[13C](=O)O.[2H][13C@@H]([13C@H]([15NH2])[13C](=O)O)[13C]([2H])([2H])C.[2H][13C@@H]([13C@H]([15NH2])[13C](=O)O)[13C]([2H])([2H])C.[2H][13C@@H]([13C@H]([15NH2])[13C](=O)O)[13C]([2H])([2H])SC.[2H][13C@H]([15NH2])[13C@H]([2H])[13C]([2H])([2H])[13C]([2H])([2H])[13C@H]([15NH2])[13C](=O)O.[2H][13C@H]([15N]=C(N)N)[13C@H]([2H])[13C]([2H])([2H])[13C@H]([15NH2])[13C](=O)O.[2H][13C@H]1[13C@@H]([13C](=O)O)[15NH][13C]([2H])([2H])[13C@H]1[2H].[2H][13CH]([2H])[13C@@]([2H])(O)[13C@H]([15NH2])[13C](=O)O.[2H][13CH]([2H])[13C@]([2H])([13C@H]([15NH2])[13C](=O)O)[13C@@H]([2H])C. The first-order valence-electron chi connectivity index (χ1n) is 42.7. The number of thioether (sulfide) groups is 1. The van der Waals surface area contributed by atoms with E-state index in [0.29, 0.717) is 0 Å². The van der Waals surface area contributed by atoms with Crippen molar-refractivity contribution in [3.8, 4) is 0 Å². The Balaban J connectivity index is -0.000000171. The molecule has 1 fully saturated rings. The first kappa shape index (κ1) is 46.0. The fourth-order valence-corrected chi connectivity index (χ4v) is 3.12. The second-order valence-electron chi connectivity index (χ2n) is 15.2. The molecule has 0 unspecified atom stereocenters. The largest absolute Gasteiger partial charge is 0.480 e. The molecule has 1 aliphatic rings. The van der Waals surface area contributed by atoms with Gasteiger partial charge in [0.2, 0.25) is 0 Å². The minimum absolute atomic E-state index is 0.475. The average Bonchev–Trinajstić information content (AvgIpc) is 1.48. The Labute approximate surface area is 577 Å². The fourth-order valence-electron chi connectivity index (χ4n) is 2.84. The Morgan fingerprint density at radius 3 is 1.24 bits per heavy atom. The molecule has 24 atom stereocenters. The fraction of sp³-hybridized carbons (Fsp3) is 0.792. The van der Waals surface area contributed by atoms with Crippen LogP contribution in [0.25, 0.3) is 0 Å². The lowest BCUT2D eigenvalue weighted by atomic mass is 10.5. The lowest BCUT2D eigenvalue weighted by Crippen LogP contribution is -2.39. The zero-order valence-corrected chi connectivity index (χ0v) is 49.9. The van der Waals surface area contributed by atoms with Crippen LogP contribution in [0, 0.1) is 17.7 Å². The van der Waals surface area contributed by atoms with E-state index in [1.807, 2.05) is 0 Å². The smallest absolute Gasteiger partial charge is 0.323 e. The summed E-state index contributed by atoms with van der Waals surface area (Å²) in [6.07, 6.45) is -26.5. The highest BCUT2D eigenvalue weighted by Crippen LogP contribution is 2.06. The number of nitrogens with zero attached hydrogens (tertiary/aromatic N) is 1. The molecular formula is C53H116N14O21S. The molecule has 0 spiro atoms. The Bertz CT molecular complexity index is 3260. The van der Waals surface area contributed by atoms with Crippen LogP contribution in [0.5, 0.6) is 0 Å². The van der Waals surface area contributed by atoms with E-state index in [4.69, 9.17) is 174 Å². The summed E-state index contributed by atoms with van der Waals surface area (Å²) in [5.41, 5.74) is 58.3. The Hall–Kier alpha value is -6.16. The van der Waals surface area contributed by atoms with E-state index in [1.165, 1.54) is 27.0 Å². The molecule has 0 saturated carbocycles. The van der Waals surface area contributed by atoms with Gasteiger partial charge in [0.1, 0.15) is 60.4 Å². The number of hydrogen-bond acceptors (Lipinski definition) is 24. The maximum atomic E-state index is 10.5. The minimum atomic E-state index is -3.00. The molecule has 36 heteroatoms. The third-order valence-electron chi connectivity index (χ3n) is 7.39. The van der Waals surface area contributed by atoms with Crippen LogP contribution >= 0.6 is 11.8 Å². The number of carbonyl (C=O) groups is 10. The molecule has 1 aliphatic heterocycles. The van der Waals surface area contributed by atoms with E-state index >= 15 is 0 Å². The number of nitrogens with two attached hydrogens (primary N) is 12. The van der Waals surface area contributed by atoms with Gasteiger partial charge in [-0.1, -0.05) is 80.8 Å². The second-order valence-corrected chi connectivity index (χ2v) is 15.9. The van der Waals surface area contributed by atoms with Crippen molar-refractivity contribution in [1.29, 1.82) is 0 Å². The Morgan fingerprint density at radius 1 is 0.607 bits per heavy atom. The third-order valence-corrected chi connectivity index (χ3v) is 7.76. The Kier molecular flexibility index (Phi) is 34.2. The number of carboxylic acids is 10. The van der Waals surface area contributed by atoms with Gasteiger partial charge in [-0.15, -0.1) is 0 Å². The summed E-state index contributed by atoms with van der Waals surface area (Å²) in [5, 5.41) is 95.0. The molecule has 0 radical (unpaired) electrons. The van der Waals surface area contributed by atoms with Crippen LogP contribution in [0.3, 0.4) is 0 Å². The molecule has 0 aromatic rings. The lowest BCUT2D eigenvalue weighted by molar-refractivity contribution is -0.141. The molecule has 0 aliphatic carbocycles. The summed E-state index contributed by atoms with van der Waals surface area (Å²) >= 11 is 0.783. The molecule has 89 heavy (non-hydrogen) atoms. The van der Waals surface area contributed by atoms with Crippen molar-refractivity contribution in [1.82, 2.24) is 5.32 Å². The molecule has 1 saturated heterocycles. The molecule has 530 valence electrons. The van der Waals surface area contributed by atoms with Crippen molar-refractivity contribution in [2.75, 3.05) is 31.5 Å². The number of nitrogens with one attached hydrogen (secondary N) is 1. The third kappa shape index (κ3) is 79.8. The molecule has 1 heterocycles. The van der Waals surface area contributed by atoms with Crippen LogP contribution in [-0.4, -0.2) is 220 Å². The number of aliphatic carboxylic acids is 10. The van der Waals surface area contributed by atoms with Gasteiger partial charge in [-0.2, -0.15) is 11.8 Å². The topological polar surface area (TPSA) is 730 Å². The number of carboxylic acid groups (broad SMARTS) is 10. The normalized spacial score (nSPS) is 29.2. The Morgan fingerprint density at radius 2 is 1.02 bits per heavy atom. The highest BCUT2D eigenvalue weighted by molar-refractivity contribution is 7.98. The van der Waals surface area contributed by atoms with Crippen LogP contribution in [0.4, 0.5) is 0 Å². The van der Waals surface area contributed by atoms with E-state index in [2.05, 4.69) is 10.3 Å². The summed E-state index contributed by atoms with van der Waals surface area (Å²) in [7, 11) is 0. The molecule has 0 amide bonds. The second kappa shape index (κ2) is 66.3. The molecule has 0 bridgehead atoms. The van der Waals surface area contributed by atoms with Crippen molar-refractivity contribution < 1.29 is 153 Å². The van der Waals surface area contributed by atoms with Crippen LogP contribution in [0.15, 0.2) is 4.99 Å². The quantitative estimate of drug-likeness (QED) is 0.0156. The summed E-state index contributed by atoms with van der Waals surface area (Å²) in [6, 6.07) is -16.3. The highest BCUT2D eigenvalue weighted by atomic mass is 32.2. The number of hydrogen-bond donors (Lipinski definition) is 24. The summed E-state index contributed by atoms with van der Waals surface area (Å²) in [5.74, 6) is -20.3. The van der Waals surface area contributed by atoms with Gasteiger partial charge in [0.25, 0.3) is 0 Å². The van der Waals surface area contributed by atoms with Crippen molar-refractivity contribution in [2.24, 2.45) is 91.5 Å². The van der Waals surface area contributed by atoms with Gasteiger partial charge in [-0.05, 0) is 113 Å². The van der Waals surface area contributed by atoms with Crippen LogP contribution < -0.4 is 74.1 Å². The summed E-state index contributed by atoms with van der Waals surface area (Å²) in [6.45, 7) is -4.41. The van der Waals surface area contributed by atoms with E-state index in [9.17, 15) is 47.9 Å². The van der Waals surface area contributed by atoms with Crippen molar-refractivity contribution in [3.63, 3.8) is 0 Å². The number of aliphatic imine (C=N–C) groups is 1. The highest BCUT2D eigenvalue weighted by Gasteiger charge is 2.21. The number of guanidine groups is 1. The maximum absolute atomic E-state index is 10.5. The van der Waals surface area contributed by atoms with Gasteiger partial charge in [0, 0.05) is 53.1 Å². The molecule has 36 N–H and O–H groups in total. The van der Waals surface area contributed by atoms with Crippen molar-refractivity contribution in [2.45, 2.75) is 218 Å². The first-order valence-corrected chi connectivity index (χ1v) is 24.7. The van der Waals surface area contributed by atoms with E-state index in [0.717, 1.165) is 32.5 Å². The molecule has 1 rings (SSSR count). The van der Waals surface area contributed by atoms with Gasteiger partial charge in [0.05, 0.1) is 8.82 Å². The summed E-state index contributed by atoms with van der Waals surface area (Å²) in [4.78, 5) is 106. The van der Waals surface area contributed by atoms with Gasteiger partial charge in [0.15, 0.2) is 5.96 Å². The van der Waals surface area contributed by atoms with Gasteiger partial charge < -0.3 is 130 Å².